The summed E-state index contributed by atoms with van der Waals surface area (Å²) in [6.45, 7) is 7.91. The van der Waals surface area contributed by atoms with Crippen LogP contribution in [0, 0.1) is 46.5 Å². The Balaban J connectivity index is 1.70. The maximum absolute atomic E-state index is 14.0. The summed E-state index contributed by atoms with van der Waals surface area (Å²) in [5, 5.41) is 22.8. The van der Waals surface area contributed by atoms with Crippen LogP contribution >= 0.6 is 11.6 Å². The van der Waals surface area contributed by atoms with Gasteiger partial charge in [0.25, 0.3) is 5.69 Å². The summed E-state index contributed by atoms with van der Waals surface area (Å²) < 4.78 is 19.3. The van der Waals surface area contributed by atoms with Crippen LogP contribution in [-0.2, 0) is 11.4 Å². The number of hydrogen-bond acceptors (Lipinski definition) is 7. The second-order valence-corrected chi connectivity index (χ2v) is 12.2. The van der Waals surface area contributed by atoms with E-state index >= 15 is 0 Å². The number of nitriles is 1. The minimum atomic E-state index is -0.782. The highest BCUT2D eigenvalue weighted by Gasteiger charge is 2.46. The molecule has 3 aromatic rings. The van der Waals surface area contributed by atoms with Crippen molar-refractivity contribution in [2.45, 2.75) is 53.1 Å². The van der Waals surface area contributed by atoms with E-state index in [0.29, 0.717) is 23.4 Å². The number of benzene rings is 3. The molecule has 1 atom stereocenters. The first-order valence-corrected chi connectivity index (χ1v) is 14.1. The van der Waals surface area contributed by atoms with Gasteiger partial charge in [0.2, 0.25) is 0 Å². The predicted octanol–water partition coefficient (Wildman–Crippen LogP) is 7.52. The molecule has 0 amide bonds. The van der Waals surface area contributed by atoms with E-state index in [2.05, 4.69) is 6.07 Å². The molecular weight excluding hydrogens is 571 g/mol. The minimum absolute atomic E-state index is 0.0205. The second kappa shape index (κ2) is 11.2. The topological polar surface area (TPSA) is 122 Å². The Morgan fingerprint density at radius 2 is 1.86 bits per heavy atom. The van der Waals surface area contributed by atoms with E-state index in [1.807, 2.05) is 39.8 Å². The van der Waals surface area contributed by atoms with E-state index in [9.17, 15) is 24.6 Å². The van der Waals surface area contributed by atoms with Gasteiger partial charge < -0.3 is 10.5 Å². The number of nitrogens with two attached hydrogens (primary N) is 1. The molecule has 0 saturated carbocycles. The molecule has 8 nitrogen and oxygen atoms in total. The van der Waals surface area contributed by atoms with Crippen LogP contribution in [-0.4, -0.2) is 10.7 Å². The third-order valence-electron chi connectivity index (χ3n) is 7.97. The largest absolute Gasteiger partial charge is 0.489 e. The Bertz CT molecular complexity index is 1770. The summed E-state index contributed by atoms with van der Waals surface area (Å²) in [5.41, 5.74) is 10.4. The number of ketones is 1. The molecule has 2 aliphatic rings. The lowest BCUT2D eigenvalue weighted by Crippen LogP contribution is -2.42. The number of nitrogens with zero attached hydrogens (tertiary/aromatic N) is 3. The van der Waals surface area contributed by atoms with Gasteiger partial charge >= 0.3 is 0 Å². The first-order valence-electron chi connectivity index (χ1n) is 13.7. The Hall–Kier alpha value is -4.68. The number of ether oxygens (including phenoxy) is 1. The van der Waals surface area contributed by atoms with Crippen molar-refractivity contribution in [2.24, 2.45) is 11.1 Å². The maximum atomic E-state index is 14.0. The van der Waals surface area contributed by atoms with E-state index in [4.69, 9.17) is 22.1 Å². The fraction of sp³-hybridized carbons (Fsp3) is 0.273. The van der Waals surface area contributed by atoms with Crippen molar-refractivity contribution in [3.63, 3.8) is 0 Å². The van der Waals surface area contributed by atoms with Crippen molar-refractivity contribution >= 4 is 28.8 Å². The van der Waals surface area contributed by atoms with Crippen LogP contribution in [0.1, 0.15) is 54.9 Å². The van der Waals surface area contributed by atoms with Crippen LogP contribution in [0.25, 0.3) is 0 Å². The molecule has 43 heavy (non-hydrogen) atoms. The SMILES string of the molecule is Cc1cc(COc2ccc(F)cc2)c(C)c(C2C(C#N)=C(N)N(c3ccc(Cl)cc3[N+](=O)[O-])C3=C2C(=O)CC(C)(C)C3)c1. The average Bonchev–Trinajstić information content (AvgIpc) is 2.93. The normalized spacial score (nSPS) is 17.9. The van der Waals surface area contributed by atoms with Gasteiger partial charge in [0.1, 0.15) is 29.7 Å². The molecule has 1 heterocycles. The highest BCUT2D eigenvalue weighted by atomic mass is 35.5. The molecule has 1 aliphatic heterocycles. The third-order valence-corrected chi connectivity index (χ3v) is 8.21. The van der Waals surface area contributed by atoms with Gasteiger partial charge in [0, 0.05) is 28.8 Å². The molecular formula is C33H30ClFN4O4. The van der Waals surface area contributed by atoms with Crippen LogP contribution in [0.3, 0.4) is 0 Å². The summed E-state index contributed by atoms with van der Waals surface area (Å²) in [6, 6.07) is 16.1. The third kappa shape index (κ3) is 5.58. The number of aryl methyl sites for hydroxylation is 1. The quantitative estimate of drug-likeness (QED) is 0.229. The van der Waals surface area contributed by atoms with Crippen molar-refractivity contribution in [1.82, 2.24) is 0 Å². The zero-order valence-corrected chi connectivity index (χ0v) is 25.0. The molecule has 2 N–H and O–H groups in total. The van der Waals surface area contributed by atoms with Gasteiger partial charge in [0.05, 0.1) is 22.5 Å². The Labute approximate surface area is 254 Å². The zero-order chi connectivity index (χ0) is 31.2. The van der Waals surface area contributed by atoms with Crippen LogP contribution in [0.4, 0.5) is 15.8 Å². The highest BCUT2D eigenvalue weighted by molar-refractivity contribution is 6.31. The standard InChI is InChI=1S/C33H30ClFN4O4/c1-18-11-20(17-43-23-8-6-22(35)7-9-23)19(2)24(12-18)30-25(16-36)32(37)38(26-10-5-21(34)13-27(26)39(41)42)28-14-33(3,4)15-29(40)31(28)30/h5-13,30H,14-15,17,37H2,1-4H3. The zero-order valence-electron chi connectivity index (χ0n) is 24.2. The van der Waals surface area contributed by atoms with E-state index in [1.54, 1.807) is 12.1 Å². The molecule has 0 aromatic heterocycles. The van der Waals surface area contributed by atoms with Crippen molar-refractivity contribution in [3.8, 4) is 11.8 Å². The first kappa shape index (κ1) is 29.8. The number of rotatable bonds is 6. The number of halogens is 2. The number of anilines is 1. The van der Waals surface area contributed by atoms with Crippen molar-refractivity contribution in [2.75, 3.05) is 4.90 Å². The molecule has 0 radical (unpaired) electrons. The molecule has 220 valence electrons. The summed E-state index contributed by atoms with van der Waals surface area (Å²) >= 11 is 6.11. The number of hydrogen-bond donors (Lipinski definition) is 1. The number of Topliss-reactive ketones (excluding diaryl/α,β-unsaturated/α-hetero) is 1. The molecule has 3 aromatic carbocycles. The van der Waals surface area contributed by atoms with Gasteiger partial charge in [-0.1, -0.05) is 43.1 Å². The van der Waals surface area contributed by atoms with Gasteiger partial charge in [0.15, 0.2) is 5.78 Å². The molecule has 1 aliphatic carbocycles. The minimum Gasteiger partial charge on any atom is -0.489 e. The smallest absolute Gasteiger partial charge is 0.294 e. The molecule has 5 rings (SSSR count). The average molecular weight is 601 g/mol. The highest BCUT2D eigenvalue weighted by Crippen LogP contribution is 2.52. The number of nitro groups is 1. The summed E-state index contributed by atoms with van der Waals surface area (Å²) in [6.07, 6.45) is 0.637. The Morgan fingerprint density at radius 1 is 1.16 bits per heavy atom. The Morgan fingerprint density at radius 3 is 2.51 bits per heavy atom. The molecule has 0 bridgehead atoms. The predicted molar refractivity (Wildman–Crippen MR) is 162 cm³/mol. The number of carbonyl (C=O) groups excluding carboxylic acids is 1. The molecule has 0 spiro atoms. The number of allylic oxidation sites excluding steroid dienone is 3. The van der Waals surface area contributed by atoms with Crippen LogP contribution in [0.15, 0.2) is 77.3 Å². The van der Waals surface area contributed by atoms with Crippen LogP contribution in [0.2, 0.25) is 5.02 Å². The monoisotopic (exact) mass is 600 g/mol. The molecule has 10 heteroatoms. The van der Waals surface area contributed by atoms with Gasteiger partial charge in [-0.05, 0) is 78.8 Å². The maximum Gasteiger partial charge on any atom is 0.294 e. The molecule has 0 saturated heterocycles. The lowest BCUT2D eigenvalue weighted by atomic mass is 9.68. The van der Waals surface area contributed by atoms with Crippen molar-refractivity contribution in [3.05, 3.63) is 120 Å². The number of nitro benzene ring substituents is 1. The van der Waals surface area contributed by atoms with Crippen molar-refractivity contribution in [1.29, 1.82) is 5.26 Å². The van der Waals surface area contributed by atoms with Crippen LogP contribution in [0.5, 0.6) is 5.75 Å². The summed E-state index contributed by atoms with van der Waals surface area (Å²) in [7, 11) is 0. The van der Waals surface area contributed by atoms with E-state index in [-0.39, 0.29) is 52.4 Å². The van der Waals surface area contributed by atoms with Gasteiger partial charge in [-0.3, -0.25) is 19.8 Å². The fourth-order valence-corrected chi connectivity index (χ4v) is 6.20. The van der Waals surface area contributed by atoms with Gasteiger partial charge in [-0.15, -0.1) is 0 Å². The number of carbonyl (C=O) groups is 1. The Kier molecular flexibility index (Phi) is 7.76. The van der Waals surface area contributed by atoms with Crippen LogP contribution < -0.4 is 15.4 Å². The summed E-state index contributed by atoms with van der Waals surface area (Å²) in [5.74, 6) is -0.779. The lowest BCUT2D eigenvalue weighted by Gasteiger charge is -2.43. The van der Waals surface area contributed by atoms with E-state index in [0.717, 1.165) is 22.3 Å². The summed E-state index contributed by atoms with van der Waals surface area (Å²) in [4.78, 5) is 27.0. The van der Waals surface area contributed by atoms with Crippen molar-refractivity contribution < 1.29 is 18.8 Å². The van der Waals surface area contributed by atoms with E-state index < -0.39 is 16.3 Å². The van der Waals surface area contributed by atoms with Gasteiger partial charge in [-0.2, -0.15) is 5.26 Å². The van der Waals surface area contributed by atoms with E-state index in [1.165, 1.54) is 35.2 Å². The first-order chi connectivity index (χ1) is 20.3. The molecule has 1 unspecified atom stereocenters. The van der Waals surface area contributed by atoms with Gasteiger partial charge in [-0.25, -0.2) is 4.39 Å². The molecule has 0 fully saturated rings. The lowest BCUT2D eigenvalue weighted by molar-refractivity contribution is -0.384. The fourth-order valence-electron chi connectivity index (χ4n) is 6.03. The second-order valence-electron chi connectivity index (χ2n) is 11.8.